The molecule has 4 nitrogen and oxygen atoms in total. The molecule has 0 aliphatic carbocycles. The van der Waals surface area contributed by atoms with E-state index in [-0.39, 0.29) is 17.1 Å². The Morgan fingerprint density at radius 3 is 1.54 bits per heavy atom. The molecule has 2 N–H and O–H groups in total. The van der Waals surface area contributed by atoms with Gasteiger partial charge < -0.3 is 14.9 Å². The van der Waals surface area contributed by atoms with Gasteiger partial charge in [0.2, 0.25) is 0 Å². The van der Waals surface area contributed by atoms with Crippen LogP contribution in [0.2, 0.25) is 0 Å². The number of carbonyl (C=O) groups excluding carboxylic acids is 1. The largest absolute Gasteiger partial charge is 0.508 e. The highest BCUT2D eigenvalue weighted by Gasteiger charge is 2.44. The van der Waals surface area contributed by atoms with E-state index in [1.165, 1.54) is 53.7 Å². The number of phenols is 2. The summed E-state index contributed by atoms with van der Waals surface area (Å²) in [6.07, 6.45) is 8.81. The van der Waals surface area contributed by atoms with Crippen LogP contribution in [0.3, 0.4) is 0 Å². The van der Waals surface area contributed by atoms with Crippen molar-refractivity contribution in [3.8, 4) is 11.5 Å². The zero-order valence-electron chi connectivity index (χ0n) is 22.4. The van der Waals surface area contributed by atoms with E-state index in [1.54, 1.807) is 0 Å². The Labute approximate surface area is 232 Å². The molecule has 0 saturated carbocycles. The van der Waals surface area contributed by atoms with Crippen LogP contribution in [-0.2, 0) is 4.74 Å². The zero-order valence-corrected chi connectivity index (χ0v) is 23.3. The molecule has 0 heterocycles. The van der Waals surface area contributed by atoms with E-state index in [4.69, 9.17) is 4.74 Å². The molecular formula is C34H38O4P+. The van der Waals surface area contributed by atoms with Crippen LogP contribution in [-0.4, -0.2) is 29.0 Å². The second-order valence-corrected chi connectivity index (χ2v) is 13.5. The van der Waals surface area contributed by atoms with E-state index >= 15 is 0 Å². The summed E-state index contributed by atoms with van der Waals surface area (Å²) in [5.74, 6) is -0.912. The van der Waals surface area contributed by atoms with Gasteiger partial charge in [-0.3, -0.25) is 0 Å². The molecule has 4 aromatic carbocycles. The van der Waals surface area contributed by atoms with Crippen molar-refractivity contribution in [2.75, 3.05) is 12.8 Å². The van der Waals surface area contributed by atoms with E-state index in [0.717, 1.165) is 31.5 Å². The summed E-state index contributed by atoms with van der Waals surface area (Å²) < 4.78 is 5.28. The Kier molecular flexibility index (Phi) is 10.6. The number of carbonyl (C=O) groups is 1. The maximum Gasteiger partial charge on any atom is 0.341 e. The van der Waals surface area contributed by atoms with Crippen LogP contribution in [0.4, 0.5) is 0 Å². The minimum absolute atomic E-state index is 0.0771. The number of unbranched alkanes of at least 4 members (excludes halogenated alkanes) is 6. The van der Waals surface area contributed by atoms with E-state index < -0.39 is 13.2 Å². The van der Waals surface area contributed by atoms with E-state index in [0.29, 0.717) is 6.61 Å². The topological polar surface area (TPSA) is 66.8 Å². The number of hydrogen-bond acceptors (Lipinski definition) is 4. The van der Waals surface area contributed by atoms with Crippen molar-refractivity contribution in [2.45, 2.75) is 44.9 Å². The van der Waals surface area contributed by atoms with E-state index in [1.807, 2.05) is 0 Å². The van der Waals surface area contributed by atoms with Gasteiger partial charge in [0.1, 0.15) is 40.2 Å². The summed E-state index contributed by atoms with van der Waals surface area (Å²) in [4.78, 5) is 12.1. The van der Waals surface area contributed by atoms with Crippen LogP contribution in [0.15, 0.2) is 109 Å². The lowest BCUT2D eigenvalue weighted by molar-refractivity contribution is 0.0494. The molecule has 0 aliphatic heterocycles. The first-order valence-corrected chi connectivity index (χ1v) is 15.8. The van der Waals surface area contributed by atoms with Crippen LogP contribution < -0.4 is 15.9 Å². The van der Waals surface area contributed by atoms with Gasteiger partial charge in [0.05, 0.1) is 12.8 Å². The molecule has 0 amide bonds. The molecule has 0 aromatic heterocycles. The number of esters is 1. The number of rotatable bonds is 14. The summed E-state index contributed by atoms with van der Waals surface area (Å²) in [7, 11) is -1.75. The standard InChI is InChI=1S/C34H37O4P/c35-28-23-24-32(33(36)27-28)34(37)38-25-15-4-2-1-3-5-16-26-39(29-17-9-6-10-18-29,30-19-11-7-12-20-30)31-21-13-8-14-22-31/h6-14,17-24,27H,1-5,15-16,25-26H2,(H-,35,36,37)/p+1. The summed E-state index contributed by atoms with van der Waals surface area (Å²) >= 11 is 0. The van der Waals surface area contributed by atoms with Gasteiger partial charge in [0.15, 0.2) is 0 Å². The van der Waals surface area contributed by atoms with Gasteiger partial charge >= 0.3 is 5.97 Å². The fourth-order valence-electron chi connectivity index (χ4n) is 5.15. The van der Waals surface area contributed by atoms with Crippen LogP contribution in [0.25, 0.3) is 0 Å². The maximum atomic E-state index is 12.1. The third kappa shape index (κ3) is 7.49. The van der Waals surface area contributed by atoms with Gasteiger partial charge in [-0.15, -0.1) is 0 Å². The minimum Gasteiger partial charge on any atom is -0.508 e. The fourth-order valence-corrected chi connectivity index (χ4v) is 9.56. The Balaban J connectivity index is 1.25. The van der Waals surface area contributed by atoms with Gasteiger partial charge in [-0.25, -0.2) is 4.79 Å². The molecule has 0 fully saturated rings. The molecule has 5 heteroatoms. The van der Waals surface area contributed by atoms with Gasteiger partial charge in [-0.05, 0) is 67.8 Å². The van der Waals surface area contributed by atoms with Crippen LogP contribution in [0, 0.1) is 0 Å². The third-order valence-electron chi connectivity index (χ3n) is 7.16. The number of benzene rings is 4. The highest BCUT2D eigenvalue weighted by atomic mass is 31.2. The fraction of sp³-hybridized carbons (Fsp3) is 0.265. The molecule has 0 aliphatic rings. The van der Waals surface area contributed by atoms with Crippen molar-refractivity contribution in [1.82, 2.24) is 0 Å². The molecule has 0 saturated heterocycles. The number of phenolic OH excluding ortho intramolecular Hbond substituents is 2. The van der Waals surface area contributed by atoms with Crippen molar-refractivity contribution < 1.29 is 19.7 Å². The van der Waals surface area contributed by atoms with E-state index in [2.05, 4.69) is 91.0 Å². The number of hydrogen-bond donors (Lipinski definition) is 2. The molecule has 4 aromatic rings. The average molecular weight is 542 g/mol. The van der Waals surface area contributed by atoms with Gasteiger partial charge in [-0.1, -0.05) is 80.3 Å². The van der Waals surface area contributed by atoms with Gasteiger partial charge in [0, 0.05) is 6.07 Å². The smallest absolute Gasteiger partial charge is 0.341 e. The molecule has 4 rings (SSSR count). The van der Waals surface area contributed by atoms with Gasteiger partial charge in [-0.2, -0.15) is 0 Å². The lowest BCUT2D eigenvalue weighted by Gasteiger charge is -2.27. The maximum absolute atomic E-state index is 12.1. The Hall–Kier alpha value is -3.62. The SMILES string of the molecule is O=C(OCCCCCCCCC[P+](c1ccccc1)(c1ccccc1)c1ccccc1)c1ccc(O)cc1O. The lowest BCUT2D eigenvalue weighted by Crippen LogP contribution is -2.33. The number of aromatic hydroxyl groups is 2. The third-order valence-corrected chi connectivity index (χ3v) is 11.7. The van der Waals surface area contributed by atoms with Crippen molar-refractivity contribution in [3.05, 3.63) is 115 Å². The molecule has 202 valence electrons. The summed E-state index contributed by atoms with van der Waals surface area (Å²) in [5, 5.41) is 23.5. The molecule has 39 heavy (non-hydrogen) atoms. The van der Waals surface area contributed by atoms with Crippen LogP contribution >= 0.6 is 7.26 Å². The molecular weight excluding hydrogens is 503 g/mol. The molecule has 0 atom stereocenters. The summed E-state index contributed by atoms with van der Waals surface area (Å²) in [5.41, 5.74) is 0.0771. The van der Waals surface area contributed by atoms with Crippen molar-refractivity contribution in [3.63, 3.8) is 0 Å². The van der Waals surface area contributed by atoms with Crippen molar-refractivity contribution in [1.29, 1.82) is 0 Å². The minimum atomic E-state index is -1.75. The Bertz CT molecular complexity index is 1200. The first kappa shape index (κ1) is 28.4. The highest BCUT2D eigenvalue weighted by Crippen LogP contribution is 2.56. The second-order valence-electron chi connectivity index (χ2n) is 9.85. The predicted molar refractivity (Wildman–Crippen MR) is 162 cm³/mol. The van der Waals surface area contributed by atoms with Crippen LogP contribution in [0.1, 0.15) is 55.3 Å². The average Bonchev–Trinajstić information content (AvgIpc) is 2.97. The van der Waals surface area contributed by atoms with E-state index in [9.17, 15) is 15.0 Å². The van der Waals surface area contributed by atoms with Gasteiger partial charge in [0.25, 0.3) is 0 Å². The van der Waals surface area contributed by atoms with Crippen molar-refractivity contribution in [2.24, 2.45) is 0 Å². The molecule has 0 spiro atoms. The molecule has 0 unspecified atom stereocenters. The number of ether oxygens (including phenoxy) is 1. The first-order chi connectivity index (χ1) is 19.1. The first-order valence-electron chi connectivity index (χ1n) is 13.9. The quantitative estimate of drug-likeness (QED) is 0.103. The Morgan fingerprint density at radius 1 is 0.590 bits per heavy atom. The summed E-state index contributed by atoms with van der Waals surface area (Å²) in [6.45, 7) is 0.331. The summed E-state index contributed by atoms with van der Waals surface area (Å²) in [6, 6.07) is 37.0. The normalized spacial score (nSPS) is 11.3. The Morgan fingerprint density at radius 2 is 1.05 bits per heavy atom. The lowest BCUT2D eigenvalue weighted by atomic mass is 10.1. The predicted octanol–water partition coefficient (Wildman–Crippen LogP) is 6.98. The zero-order chi connectivity index (χ0) is 27.3. The highest BCUT2D eigenvalue weighted by molar-refractivity contribution is 7.95. The molecule has 0 radical (unpaired) electrons. The van der Waals surface area contributed by atoms with Crippen LogP contribution in [0.5, 0.6) is 11.5 Å². The second kappa shape index (κ2) is 14.5. The van der Waals surface area contributed by atoms with Crippen molar-refractivity contribution >= 4 is 29.1 Å². The monoisotopic (exact) mass is 541 g/mol. The molecule has 0 bridgehead atoms.